The molecule has 3 heterocycles. The molecule has 1 atom stereocenters. The van der Waals surface area contributed by atoms with Gasteiger partial charge < -0.3 is 29.8 Å². The summed E-state index contributed by atoms with van der Waals surface area (Å²) in [5.74, 6) is -0.469. The maximum atomic E-state index is 13.0. The molecule has 9 nitrogen and oxygen atoms in total. The van der Waals surface area contributed by atoms with E-state index in [-0.39, 0.29) is 12.3 Å². The van der Waals surface area contributed by atoms with Gasteiger partial charge in [-0.15, -0.1) is 11.3 Å². The molecule has 0 fully saturated rings. The zero-order valence-corrected chi connectivity index (χ0v) is 19.9. The summed E-state index contributed by atoms with van der Waals surface area (Å²) in [5.41, 5.74) is 2.25. The van der Waals surface area contributed by atoms with Crippen LogP contribution < -0.4 is 20.1 Å². The molecule has 2 aromatic carbocycles. The predicted octanol–water partition coefficient (Wildman–Crippen LogP) is 3.52. The number of esters is 1. The van der Waals surface area contributed by atoms with E-state index in [1.54, 1.807) is 41.9 Å². The highest BCUT2D eigenvalue weighted by molar-refractivity contribution is 7.12. The van der Waals surface area contributed by atoms with Gasteiger partial charge in [0.15, 0.2) is 18.1 Å². The third-order valence-corrected chi connectivity index (χ3v) is 6.47. The van der Waals surface area contributed by atoms with Crippen LogP contribution >= 0.6 is 11.3 Å². The zero-order valence-electron chi connectivity index (χ0n) is 19.1. The minimum absolute atomic E-state index is 0.198. The van der Waals surface area contributed by atoms with Crippen LogP contribution in [0.1, 0.15) is 15.2 Å². The molecule has 2 amide bonds. The van der Waals surface area contributed by atoms with Gasteiger partial charge in [0.25, 0.3) is 11.8 Å². The summed E-state index contributed by atoms with van der Waals surface area (Å²) < 4.78 is 16.3. The highest BCUT2D eigenvalue weighted by Crippen LogP contribution is 2.32. The standard InChI is InChI=1S/C26H23N3O6S/c30-24(28-17-7-8-21-22(13-17)34-10-9-33-21)15-35-26(32)20(29-25(31)23-6-3-11-36-23)12-16-14-27-19-5-2-1-4-18(16)19/h1-8,11,13-14,20,27H,9-10,12,15H2,(H,28,30)(H,29,31)/t20-/m1/s1. The number of amides is 2. The first-order valence-corrected chi connectivity index (χ1v) is 12.2. The van der Waals surface area contributed by atoms with Crippen LogP contribution in [0.5, 0.6) is 11.5 Å². The normalized spacial score (nSPS) is 13.1. The molecular weight excluding hydrogens is 482 g/mol. The van der Waals surface area contributed by atoms with E-state index in [1.165, 1.54) is 11.3 Å². The van der Waals surface area contributed by atoms with E-state index in [0.29, 0.717) is 35.3 Å². The molecule has 5 rings (SSSR count). The SMILES string of the molecule is O=C(COC(=O)[C@@H](Cc1c[nH]c2ccccc12)NC(=O)c1cccs1)Nc1ccc2c(c1)OCCO2. The van der Waals surface area contributed by atoms with Gasteiger partial charge in [-0.1, -0.05) is 24.3 Å². The number of thiophene rings is 1. The van der Waals surface area contributed by atoms with Crippen LogP contribution in [0.3, 0.4) is 0 Å². The number of hydrogen-bond acceptors (Lipinski definition) is 7. The molecule has 1 aliphatic heterocycles. The van der Waals surface area contributed by atoms with Gasteiger partial charge in [0.2, 0.25) is 0 Å². The van der Waals surface area contributed by atoms with Crippen molar-refractivity contribution in [3.05, 3.63) is 76.6 Å². The summed E-state index contributed by atoms with van der Waals surface area (Å²) in [4.78, 5) is 41.8. The zero-order chi connectivity index (χ0) is 24.9. The number of aromatic nitrogens is 1. The Morgan fingerprint density at radius 3 is 2.69 bits per heavy atom. The lowest BCUT2D eigenvalue weighted by atomic mass is 10.0. The van der Waals surface area contributed by atoms with Gasteiger partial charge in [0, 0.05) is 35.3 Å². The number of nitrogens with one attached hydrogen (secondary N) is 3. The fourth-order valence-corrected chi connectivity index (χ4v) is 4.53. The Kier molecular flexibility index (Phi) is 6.85. The highest BCUT2D eigenvalue weighted by Gasteiger charge is 2.26. The molecule has 184 valence electrons. The summed E-state index contributed by atoms with van der Waals surface area (Å²) in [6.45, 7) is 0.390. The average Bonchev–Trinajstić information content (AvgIpc) is 3.58. The molecule has 36 heavy (non-hydrogen) atoms. The quantitative estimate of drug-likeness (QED) is 0.315. The van der Waals surface area contributed by atoms with Gasteiger partial charge in [-0.3, -0.25) is 9.59 Å². The van der Waals surface area contributed by atoms with Crippen molar-refractivity contribution in [3.8, 4) is 11.5 Å². The lowest BCUT2D eigenvalue weighted by Crippen LogP contribution is -2.43. The monoisotopic (exact) mass is 505 g/mol. The molecule has 0 saturated heterocycles. The number of aromatic amines is 1. The first-order chi connectivity index (χ1) is 17.6. The molecule has 3 N–H and O–H groups in total. The fraction of sp³-hybridized carbons (Fsp3) is 0.192. The van der Waals surface area contributed by atoms with Crippen molar-refractivity contribution in [1.29, 1.82) is 0 Å². The molecule has 0 radical (unpaired) electrons. The highest BCUT2D eigenvalue weighted by atomic mass is 32.1. The topological polar surface area (TPSA) is 119 Å². The van der Waals surface area contributed by atoms with Crippen LogP contribution in [0, 0.1) is 0 Å². The summed E-state index contributed by atoms with van der Waals surface area (Å²) >= 11 is 1.27. The summed E-state index contributed by atoms with van der Waals surface area (Å²) in [6, 6.07) is 15.2. The van der Waals surface area contributed by atoms with Crippen molar-refractivity contribution in [3.63, 3.8) is 0 Å². The van der Waals surface area contributed by atoms with E-state index < -0.39 is 24.5 Å². The summed E-state index contributed by atoms with van der Waals surface area (Å²) in [5, 5.41) is 8.15. The van der Waals surface area contributed by atoms with Crippen LogP contribution in [0.2, 0.25) is 0 Å². The molecule has 0 spiro atoms. The number of para-hydroxylation sites is 1. The van der Waals surface area contributed by atoms with Crippen LogP contribution in [-0.2, 0) is 20.7 Å². The first kappa shape index (κ1) is 23.4. The second kappa shape index (κ2) is 10.5. The Bertz CT molecular complexity index is 1400. The van der Waals surface area contributed by atoms with Crippen molar-refractivity contribution in [1.82, 2.24) is 10.3 Å². The second-order valence-corrected chi connectivity index (χ2v) is 9.03. The molecule has 0 unspecified atom stereocenters. The Hall–Kier alpha value is -4.31. The summed E-state index contributed by atoms with van der Waals surface area (Å²) in [6.07, 6.45) is 2.00. The van der Waals surface area contributed by atoms with Crippen molar-refractivity contribution in [2.45, 2.75) is 12.5 Å². The van der Waals surface area contributed by atoms with Crippen molar-refractivity contribution < 1.29 is 28.6 Å². The fourth-order valence-electron chi connectivity index (χ4n) is 3.91. The molecule has 1 aliphatic rings. The van der Waals surface area contributed by atoms with Crippen LogP contribution in [0.25, 0.3) is 10.9 Å². The van der Waals surface area contributed by atoms with Gasteiger partial charge in [-0.25, -0.2) is 4.79 Å². The lowest BCUT2D eigenvalue weighted by Gasteiger charge is -2.19. The lowest BCUT2D eigenvalue weighted by molar-refractivity contribution is -0.149. The van der Waals surface area contributed by atoms with E-state index in [1.807, 2.05) is 24.3 Å². The second-order valence-electron chi connectivity index (χ2n) is 8.08. The van der Waals surface area contributed by atoms with Crippen molar-refractivity contribution in [2.75, 3.05) is 25.1 Å². The Morgan fingerprint density at radius 1 is 1.03 bits per heavy atom. The number of benzene rings is 2. The molecular formula is C26H23N3O6S. The van der Waals surface area contributed by atoms with Crippen molar-refractivity contribution >= 4 is 45.7 Å². The molecule has 2 aromatic heterocycles. The van der Waals surface area contributed by atoms with E-state index in [9.17, 15) is 14.4 Å². The number of rotatable bonds is 8. The average molecular weight is 506 g/mol. The number of H-pyrrole nitrogens is 1. The van der Waals surface area contributed by atoms with E-state index in [2.05, 4.69) is 15.6 Å². The van der Waals surface area contributed by atoms with E-state index >= 15 is 0 Å². The van der Waals surface area contributed by atoms with Crippen LogP contribution in [0.4, 0.5) is 5.69 Å². The van der Waals surface area contributed by atoms with E-state index in [4.69, 9.17) is 14.2 Å². The summed E-state index contributed by atoms with van der Waals surface area (Å²) in [7, 11) is 0. The third-order valence-electron chi connectivity index (χ3n) is 5.61. The Morgan fingerprint density at radius 2 is 1.86 bits per heavy atom. The predicted molar refractivity (Wildman–Crippen MR) is 135 cm³/mol. The number of carbonyl (C=O) groups excluding carboxylic acids is 3. The van der Waals surface area contributed by atoms with Gasteiger partial charge in [0.1, 0.15) is 19.3 Å². The largest absolute Gasteiger partial charge is 0.486 e. The number of fused-ring (bicyclic) bond motifs is 2. The van der Waals surface area contributed by atoms with E-state index in [0.717, 1.165) is 16.5 Å². The molecule has 4 aromatic rings. The van der Waals surface area contributed by atoms with Crippen molar-refractivity contribution in [2.24, 2.45) is 0 Å². The van der Waals surface area contributed by atoms with Crippen LogP contribution in [0.15, 0.2) is 66.2 Å². The smallest absolute Gasteiger partial charge is 0.329 e. The number of hydrogen-bond donors (Lipinski definition) is 3. The van der Waals surface area contributed by atoms with Gasteiger partial charge >= 0.3 is 5.97 Å². The van der Waals surface area contributed by atoms with Gasteiger partial charge in [0.05, 0.1) is 4.88 Å². The first-order valence-electron chi connectivity index (χ1n) is 11.3. The number of carbonyl (C=O) groups is 3. The molecule has 10 heteroatoms. The minimum atomic E-state index is -0.985. The third kappa shape index (κ3) is 5.33. The van der Waals surface area contributed by atoms with Gasteiger partial charge in [-0.2, -0.15) is 0 Å². The maximum Gasteiger partial charge on any atom is 0.329 e. The molecule has 0 aliphatic carbocycles. The number of anilines is 1. The molecule has 0 saturated carbocycles. The Labute approximate surface area is 210 Å². The maximum absolute atomic E-state index is 13.0. The number of ether oxygens (including phenoxy) is 3. The Balaban J connectivity index is 1.25. The van der Waals surface area contributed by atoms with Crippen LogP contribution in [-0.4, -0.2) is 48.6 Å². The van der Waals surface area contributed by atoms with Gasteiger partial charge in [-0.05, 0) is 35.2 Å². The minimum Gasteiger partial charge on any atom is -0.486 e. The molecule has 0 bridgehead atoms.